The van der Waals surface area contributed by atoms with E-state index in [1.165, 1.54) is 57.8 Å². The number of nitrogens with zero attached hydrogens (tertiary/aromatic N) is 1. The molecule has 2 N–H and O–H groups in total. The predicted molar refractivity (Wildman–Crippen MR) is 139 cm³/mol. The van der Waals surface area contributed by atoms with Crippen molar-refractivity contribution in [2.75, 3.05) is 6.54 Å². The molecular formula is C31H46N2. The maximum absolute atomic E-state index is 6.53. The molecule has 1 aliphatic heterocycles. The SMILES string of the molecule is CCCCC(N)[C@H]1CCC(C2C3C(C4C=C[C@@H](C5=CCC(C6C=NCC6C)C=C5)CC4)[C@H]23)C1. The van der Waals surface area contributed by atoms with E-state index in [4.69, 9.17) is 5.73 Å². The zero-order valence-corrected chi connectivity index (χ0v) is 21.0. The first-order valence-corrected chi connectivity index (χ1v) is 14.5. The quantitative estimate of drug-likeness (QED) is 0.408. The topological polar surface area (TPSA) is 38.4 Å². The number of nitrogens with two attached hydrogens (primary N) is 1. The number of hydrogen-bond acceptors (Lipinski definition) is 2. The minimum absolute atomic E-state index is 0.479. The van der Waals surface area contributed by atoms with E-state index in [9.17, 15) is 0 Å². The number of allylic oxidation sites excluding steroid dienone is 6. The molecule has 0 aromatic carbocycles. The largest absolute Gasteiger partial charge is 0.327 e. The van der Waals surface area contributed by atoms with Gasteiger partial charge in [0.25, 0.3) is 0 Å². The van der Waals surface area contributed by atoms with Crippen LogP contribution < -0.4 is 5.73 Å². The molecule has 0 aromatic rings. The summed E-state index contributed by atoms with van der Waals surface area (Å²) in [6.07, 6.45) is 27.1. The van der Waals surface area contributed by atoms with Gasteiger partial charge in [-0.05, 0) is 104 Å². The van der Waals surface area contributed by atoms with Crippen LogP contribution in [0.15, 0.2) is 40.9 Å². The van der Waals surface area contributed by atoms with E-state index >= 15 is 0 Å². The highest BCUT2D eigenvalue weighted by atomic mass is 14.8. The second kappa shape index (κ2) is 9.14. The van der Waals surface area contributed by atoms with E-state index in [1.807, 2.05) is 0 Å². The monoisotopic (exact) mass is 446 g/mol. The smallest absolute Gasteiger partial charge is 0.0417 e. The molecule has 0 bridgehead atoms. The summed E-state index contributed by atoms with van der Waals surface area (Å²) in [6, 6.07) is 0.479. The minimum Gasteiger partial charge on any atom is -0.327 e. The summed E-state index contributed by atoms with van der Waals surface area (Å²) in [4.78, 5) is 4.53. The van der Waals surface area contributed by atoms with E-state index in [0.29, 0.717) is 29.7 Å². The van der Waals surface area contributed by atoms with Crippen LogP contribution in [-0.2, 0) is 0 Å². The van der Waals surface area contributed by atoms with Gasteiger partial charge in [0.1, 0.15) is 0 Å². The van der Waals surface area contributed by atoms with Crippen molar-refractivity contribution < 1.29 is 0 Å². The van der Waals surface area contributed by atoms with Crippen molar-refractivity contribution in [1.82, 2.24) is 0 Å². The molecule has 0 aromatic heterocycles. The molecule has 2 heteroatoms. The van der Waals surface area contributed by atoms with Crippen LogP contribution in [0.1, 0.15) is 71.6 Å². The Balaban J connectivity index is 0.954. The fourth-order valence-electron chi connectivity index (χ4n) is 8.61. The van der Waals surface area contributed by atoms with Crippen LogP contribution in [0.2, 0.25) is 0 Å². The number of hydrogen-bond donors (Lipinski definition) is 1. The number of unbranched alkanes of at least 4 members (excludes halogenated alkanes) is 1. The molecule has 6 rings (SSSR count). The van der Waals surface area contributed by atoms with Crippen molar-refractivity contribution in [3.05, 3.63) is 36.0 Å². The first-order valence-electron chi connectivity index (χ1n) is 14.5. The van der Waals surface area contributed by atoms with Crippen molar-refractivity contribution in [3.8, 4) is 0 Å². The van der Waals surface area contributed by atoms with Gasteiger partial charge in [0.15, 0.2) is 0 Å². The second-order valence-electron chi connectivity index (χ2n) is 12.7. The normalized spacial score (nSPS) is 48.6. The molecule has 6 aliphatic rings. The Morgan fingerprint density at radius 1 is 1.00 bits per heavy atom. The Morgan fingerprint density at radius 2 is 1.88 bits per heavy atom. The molecule has 33 heavy (non-hydrogen) atoms. The van der Waals surface area contributed by atoms with E-state index in [1.54, 1.807) is 5.57 Å². The summed E-state index contributed by atoms with van der Waals surface area (Å²) in [5.74, 6) is 9.76. The van der Waals surface area contributed by atoms with Crippen molar-refractivity contribution in [2.24, 2.45) is 75.8 Å². The van der Waals surface area contributed by atoms with Gasteiger partial charge in [-0.25, -0.2) is 0 Å². The molecule has 12 atom stereocenters. The van der Waals surface area contributed by atoms with Gasteiger partial charge in [-0.2, -0.15) is 0 Å². The number of aliphatic imine (C=N–C) groups is 1. The summed E-state index contributed by atoms with van der Waals surface area (Å²) >= 11 is 0. The summed E-state index contributed by atoms with van der Waals surface area (Å²) in [5.41, 5.74) is 8.12. The van der Waals surface area contributed by atoms with Crippen molar-refractivity contribution in [3.63, 3.8) is 0 Å². The Hall–Kier alpha value is -1.15. The molecule has 3 saturated carbocycles. The summed E-state index contributed by atoms with van der Waals surface area (Å²) in [5, 5.41) is 0. The van der Waals surface area contributed by atoms with Crippen LogP contribution in [0.3, 0.4) is 0 Å². The zero-order valence-electron chi connectivity index (χ0n) is 21.0. The van der Waals surface area contributed by atoms with Crippen LogP contribution in [0.25, 0.3) is 0 Å². The highest BCUT2D eigenvalue weighted by Gasteiger charge is 2.75. The molecule has 180 valence electrons. The molecule has 2 nitrogen and oxygen atoms in total. The van der Waals surface area contributed by atoms with E-state index in [2.05, 4.69) is 55.4 Å². The van der Waals surface area contributed by atoms with Gasteiger partial charge in [0.2, 0.25) is 0 Å². The fourth-order valence-corrected chi connectivity index (χ4v) is 8.61. The lowest BCUT2D eigenvalue weighted by Crippen LogP contribution is -2.28. The molecule has 3 fully saturated rings. The fraction of sp³-hybridized carbons (Fsp3) is 0.774. The first kappa shape index (κ1) is 22.3. The molecule has 9 unspecified atom stereocenters. The third-order valence-electron chi connectivity index (χ3n) is 10.8. The Labute approximate surface area is 202 Å². The third kappa shape index (κ3) is 4.24. The van der Waals surface area contributed by atoms with Crippen molar-refractivity contribution in [2.45, 2.75) is 77.7 Å². The van der Waals surface area contributed by atoms with Crippen LogP contribution in [0.4, 0.5) is 0 Å². The lowest BCUT2D eigenvalue weighted by molar-refractivity contribution is 0.270. The average Bonchev–Trinajstić information content (AvgIpc) is 3.62. The van der Waals surface area contributed by atoms with Gasteiger partial charge in [-0.3, -0.25) is 4.99 Å². The van der Waals surface area contributed by atoms with Gasteiger partial charge in [-0.1, -0.05) is 57.1 Å². The molecule has 0 spiro atoms. The van der Waals surface area contributed by atoms with Gasteiger partial charge < -0.3 is 5.73 Å². The van der Waals surface area contributed by atoms with E-state index in [0.717, 1.165) is 48.0 Å². The Morgan fingerprint density at radius 3 is 2.55 bits per heavy atom. The second-order valence-corrected chi connectivity index (χ2v) is 12.7. The highest BCUT2D eigenvalue weighted by Crippen LogP contribution is 2.79. The van der Waals surface area contributed by atoms with Crippen molar-refractivity contribution in [1.29, 1.82) is 0 Å². The minimum atomic E-state index is 0.479. The van der Waals surface area contributed by atoms with Crippen LogP contribution in [0.5, 0.6) is 0 Å². The third-order valence-corrected chi connectivity index (χ3v) is 10.8. The molecule has 1 heterocycles. The van der Waals surface area contributed by atoms with Crippen LogP contribution >= 0.6 is 0 Å². The molecule has 0 amide bonds. The maximum atomic E-state index is 6.53. The van der Waals surface area contributed by atoms with Crippen LogP contribution in [0, 0.1) is 65.1 Å². The standard InChI is InChI=1S/C31H46N2/c1-3-4-5-27(32)24-14-15-25(16-24)29-30-28(31(29)30)23-12-8-21(9-13-23)20-6-10-22(11-7-20)26-18-33-17-19(26)2/h6-8,10,12,18-19,21-31H,3-5,9,11,13-17,32H2,1-2H3/t19?,21-,22?,23?,24+,25?,26?,27?,28?,29?,30-,31?/m1/s1. The van der Waals surface area contributed by atoms with Crippen LogP contribution in [-0.4, -0.2) is 18.8 Å². The summed E-state index contributed by atoms with van der Waals surface area (Å²) in [7, 11) is 0. The van der Waals surface area contributed by atoms with Gasteiger partial charge in [0, 0.05) is 30.6 Å². The van der Waals surface area contributed by atoms with Gasteiger partial charge >= 0.3 is 0 Å². The van der Waals surface area contributed by atoms with E-state index < -0.39 is 0 Å². The Kier molecular flexibility index (Phi) is 6.18. The van der Waals surface area contributed by atoms with E-state index in [-0.39, 0.29) is 0 Å². The average molecular weight is 447 g/mol. The highest BCUT2D eigenvalue weighted by molar-refractivity contribution is 5.64. The Bertz CT molecular complexity index is 826. The number of fused-ring (bicyclic) bond motifs is 1. The van der Waals surface area contributed by atoms with Gasteiger partial charge in [0.05, 0.1) is 0 Å². The number of rotatable bonds is 8. The molecule has 0 radical (unpaired) electrons. The van der Waals surface area contributed by atoms with Crippen molar-refractivity contribution >= 4 is 6.21 Å². The predicted octanol–water partition coefficient (Wildman–Crippen LogP) is 6.83. The lowest BCUT2D eigenvalue weighted by Gasteiger charge is -2.30. The lowest BCUT2D eigenvalue weighted by atomic mass is 9.74. The zero-order chi connectivity index (χ0) is 22.5. The molecular weight excluding hydrogens is 400 g/mol. The molecule has 5 aliphatic carbocycles. The van der Waals surface area contributed by atoms with Gasteiger partial charge in [-0.15, -0.1) is 0 Å². The maximum Gasteiger partial charge on any atom is 0.0417 e. The first-order chi connectivity index (χ1) is 16.2. The summed E-state index contributed by atoms with van der Waals surface area (Å²) < 4.78 is 0. The summed E-state index contributed by atoms with van der Waals surface area (Å²) in [6.45, 7) is 5.67. The molecule has 0 saturated heterocycles.